The molecule has 0 spiro atoms. The molecule has 1 heterocycles. The molecule has 0 aromatic carbocycles. The fourth-order valence-electron chi connectivity index (χ4n) is 0.904. The first-order chi connectivity index (χ1) is 6.59. The van der Waals surface area contributed by atoms with Crippen LogP contribution in [0.1, 0.15) is 19.4 Å². The van der Waals surface area contributed by atoms with E-state index in [1.807, 2.05) is 19.9 Å². The largest absolute Gasteiger partial charge is 0.352 e. The van der Waals surface area contributed by atoms with E-state index in [2.05, 4.69) is 10.3 Å². The summed E-state index contributed by atoms with van der Waals surface area (Å²) in [6, 6.07) is 3.55. The lowest BCUT2D eigenvalue weighted by Crippen LogP contribution is -2.27. The van der Waals surface area contributed by atoms with E-state index in [1.165, 1.54) is 0 Å². The minimum atomic E-state index is 0.00950. The SMILES string of the molecule is CC(C)C(=O)NCc1ccc(Cl)nc1. The summed E-state index contributed by atoms with van der Waals surface area (Å²) in [7, 11) is 0. The zero-order chi connectivity index (χ0) is 10.6. The van der Waals surface area contributed by atoms with Crippen LogP contribution in [0.15, 0.2) is 18.3 Å². The van der Waals surface area contributed by atoms with Gasteiger partial charge in [-0.15, -0.1) is 0 Å². The molecule has 1 amide bonds. The normalized spacial score (nSPS) is 10.3. The second-order valence-corrected chi connectivity index (χ2v) is 3.75. The van der Waals surface area contributed by atoms with Gasteiger partial charge >= 0.3 is 0 Å². The van der Waals surface area contributed by atoms with Crippen molar-refractivity contribution in [2.24, 2.45) is 5.92 Å². The van der Waals surface area contributed by atoms with Crippen molar-refractivity contribution in [1.29, 1.82) is 0 Å². The third kappa shape index (κ3) is 3.34. The van der Waals surface area contributed by atoms with Crippen LogP contribution in [0, 0.1) is 5.92 Å². The molecule has 4 heteroatoms. The molecule has 0 aliphatic heterocycles. The molecule has 1 aromatic heterocycles. The molecule has 76 valence electrons. The van der Waals surface area contributed by atoms with E-state index in [0.29, 0.717) is 11.7 Å². The number of hydrogen-bond acceptors (Lipinski definition) is 2. The fraction of sp³-hybridized carbons (Fsp3) is 0.400. The predicted molar refractivity (Wildman–Crippen MR) is 55.9 cm³/mol. The van der Waals surface area contributed by atoms with Gasteiger partial charge in [-0.3, -0.25) is 4.79 Å². The molecule has 0 unspecified atom stereocenters. The molecule has 14 heavy (non-hydrogen) atoms. The Bertz CT molecular complexity index is 308. The maximum absolute atomic E-state index is 11.2. The average molecular weight is 213 g/mol. The molecule has 0 bridgehead atoms. The summed E-state index contributed by atoms with van der Waals surface area (Å²) in [5, 5.41) is 3.26. The molecule has 1 aromatic rings. The molecule has 0 atom stereocenters. The Balaban J connectivity index is 2.46. The fourth-order valence-corrected chi connectivity index (χ4v) is 1.02. The van der Waals surface area contributed by atoms with Gasteiger partial charge in [-0.2, -0.15) is 0 Å². The van der Waals surface area contributed by atoms with Crippen molar-refractivity contribution in [3.05, 3.63) is 29.0 Å². The summed E-state index contributed by atoms with van der Waals surface area (Å²) < 4.78 is 0. The van der Waals surface area contributed by atoms with E-state index in [1.54, 1.807) is 12.3 Å². The van der Waals surface area contributed by atoms with Crippen molar-refractivity contribution in [2.75, 3.05) is 0 Å². The number of carbonyl (C=O) groups excluding carboxylic acids is 1. The molecule has 0 fully saturated rings. The number of pyridine rings is 1. The monoisotopic (exact) mass is 212 g/mol. The van der Waals surface area contributed by atoms with Crippen LogP contribution in [0.5, 0.6) is 0 Å². The molecule has 1 rings (SSSR count). The molecule has 0 aliphatic carbocycles. The Hall–Kier alpha value is -1.09. The van der Waals surface area contributed by atoms with Gasteiger partial charge in [-0.05, 0) is 11.6 Å². The van der Waals surface area contributed by atoms with Gasteiger partial charge in [0.2, 0.25) is 5.91 Å². The summed E-state index contributed by atoms with van der Waals surface area (Å²) in [4.78, 5) is 15.1. The van der Waals surface area contributed by atoms with E-state index in [9.17, 15) is 4.79 Å². The van der Waals surface area contributed by atoms with Crippen LogP contribution in [-0.4, -0.2) is 10.9 Å². The first-order valence-electron chi connectivity index (χ1n) is 4.47. The Labute approximate surface area is 88.5 Å². The topological polar surface area (TPSA) is 42.0 Å². The van der Waals surface area contributed by atoms with Gasteiger partial charge in [-0.1, -0.05) is 31.5 Å². The smallest absolute Gasteiger partial charge is 0.222 e. The van der Waals surface area contributed by atoms with Crippen LogP contribution in [-0.2, 0) is 11.3 Å². The van der Waals surface area contributed by atoms with Crippen LogP contribution in [0.25, 0.3) is 0 Å². The Kier molecular flexibility index (Phi) is 3.89. The van der Waals surface area contributed by atoms with Gasteiger partial charge < -0.3 is 5.32 Å². The van der Waals surface area contributed by atoms with Crippen LogP contribution in [0.3, 0.4) is 0 Å². The molecule has 0 aliphatic rings. The number of nitrogens with one attached hydrogen (secondary N) is 1. The third-order valence-electron chi connectivity index (χ3n) is 1.78. The number of hydrogen-bond donors (Lipinski definition) is 1. The molecule has 3 nitrogen and oxygen atoms in total. The lowest BCUT2D eigenvalue weighted by atomic mass is 10.2. The predicted octanol–water partition coefficient (Wildman–Crippen LogP) is 2.01. The average Bonchev–Trinajstić information content (AvgIpc) is 2.16. The minimum absolute atomic E-state index is 0.00950. The summed E-state index contributed by atoms with van der Waals surface area (Å²) in [5.74, 6) is 0.0511. The third-order valence-corrected chi connectivity index (χ3v) is 2.00. The standard InChI is InChI=1S/C10H13ClN2O/c1-7(2)10(14)13-6-8-3-4-9(11)12-5-8/h3-5,7H,6H2,1-2H3,(H,13,14). The number of halogens is 1. The van der Waals surface area contributed by atoms with Crippen LogP contribution in [0.4, 0.5) is 0 Å². The molecule has 0 saturated carbocycles. The van der Waals surface area contributed by atoms with Gasteiger partial charge in [0.25, 0.3) is 0 Å². The summed E-state index contributed by atoms with van der Waals surface area (Å²) in [6.07, 6.45) is 1.66. The Morgan fingerprint density at radius 1 is 1.57 bits per heavy atom. The summed E-state index contributed by atoms with van der Waals surface area (Å²) in [6.45, 7) is 4.21. The van der Waals surface area contributed by atoms with E-state index >= 15 is 0 Å². The van der Waals surface area contributed by atoms with E-state index < -0.39 is 0 Å². The second kappa shape index (κ2) is 4.96. The highest BCUT2D eigenvalue weighted by Crippen LogP contribution is 2.05. The number of nitrogens with zero attached hydrogens (tertiary/aromatic N) is 1. The molecular weight excluding hydrogens is 200 g/mol. The number of rotatable bonds is 3. The summed E-state index contributed by atoms with van der Waals surface area (Å²) in [5.41, 5.74) is 0.948. The number of aromatic nitrogens is 1. The van der Waals surface area contributed by atoms with Crippen molar-refractivity contribution < 1.29 is 4.79 Å². The van der Waals surface area contributed by atoms with Crippen LogP contribution >= 0.6 is 11.6 Å². The van der Waals surface area contributed by atoms with Crippen LogP contribution < -0.4 is 5.32 Å². The highest BCUT2D eigenvalue weighted by molar-refractivity contribution is 6.29. The highest BCUT2D eigenvalue weighted by atomic mass is 35.5. The molecule has 1 N–H and O–H groups in total. The molecule has 0 radical (unpaired) electrons. The maximum atomic E-state index is 11.2. The van der Waals surface area contributed by atoms with Crippen molar-refractivity contribution in [2.45, 2.75) is 20.4 Å². The second-order valence-electron chi connectivity index (χ2n) is 3.36. The zero-order valence-electron chi connectivity index (χ0n) is 8.25. The van der Waals surface area contributed by atoms with E-state index in [-0.39, 0.29) is 11.8 Å². The van der Waals surface area contributed by atoms with Crippen LogP contribution in [0.2, 0.25) is 5.15 Å². The summed E-state index contributed by atoms with van der Waals surface area (Å²) >= 11 is 5.63. The van der Waals surface area contributed by atoms with Gasteiger partial charge in [0.1, 0.15) is 5.15 Å². The van der Waals surface area contributed by atoms with Crippen molar-refractivity contribution in [1.82, 2.24) is 10.3 Å². The highest BCUT2D eigenvalue weighted by Gasteiger charge is 2.05. The Morgan fingerprint density at radius 2 is 2.29 bits per heavy atom. The minimum Gasteiger partial charge on any atom is -0.352 e. The van der Waals surface area contributed by atoms with Crippen molar-refractivity contribution in [3.63, 3.8) is 0 Å². The van der Waals surface area contributed by atoms with Gasteiger partial charge in [0.15, 0.2) is 0 Å². The molecule has 0 saturated heterocycles. The van der Waals surface area contributed by atoms with Crippen molar-refractivity contribution in [3.8, 4) is 0 Å². The zero-order valence-corrected chi connectivity index (χ0v) is 9.01. The molecular formula is C10H13ClN2O. The van der Waals surface area contributed by atoms with Crippen molar-refractivity contribution >= 4 is 17.5 Å². The maximum Gasteiger partial charge on any atom is 0.222 e. The first kappa shape index (κ1) is 11.0. The number of amides is 1. The number of carbonyl (C=O) groups is 1. The quantitative estimate of drug-likeness (QED) is 0.779. The van der Waals surface area contributed by atoms with E-state index in [0.717, 1.165) is 5.56 Å². The van der Waals surface area contributed by atoms with Gasteiger partial charge in [0.05, 0.1) is 0 Å². The lowest BCUT2D eigenvalue weighted by molar-refractivity contribution is -0.124. The lowest BCUT2D eigenvalue weighted by Gasteiger charge is -2.06. The van der Waals surface area contributed by atoms with Gasteiger partial charge in [-0.25, -0.2) is 4.98 Å². The first-order valence-corrected chi connectivity index (χ1v) is 4.85. The van der Waals surface area contributed by atoms with E-state index in [4.69, 9.17) is 11.6 Å². The Morgan fingerprint density at radius 3 is 2.79 bits per heavy atom. The van der Waals surface area contributed by atoms with Gasteiger partial charge in [0, 0.05) is 18.7 Å².